The molecule has 4 rings (SSSR count). The lowest BCUT2D eigenvalue weighted by atomic mass is 9.77. The molecule has 2 atom stereocenters. The van der Waals surface area contributed by atoms with Crippen LogP contribution >= 0.6 is 36.4 Å². The summed E-state index contributed by atoms with van der Waals surface area (Å²) in [6.07, 6.45) is 1.08. The number of nitrogens with zero attached hydrogens (tertiary/aromatic N) is 1. The number of hydrogen-bond acceptors (Lipinski definition) is 4. The molecule has 2 aliphatic rings. The summed E-state index contributed by atoms with van der Waals surface area (Å²) < 4.78 is 19.9. The Labute approximate surface area is 205 Å². The number of amides is 1. The van der Waals surface area contributed by atoms with E-state index in [-0.39, 0.29) is 42.4 Å². The third-order valence-electron chi connectivity index (χ3n) is 6.48. The quantitative estimate of drug-likeness (QED) is 0.653. The van der Waals surface area contributed by atoms with Crippen molar-refractivity contribution in [1.82, 2.24) is 15.5 Å². The number of rotatable bonds is 5. The van der Waals surface area contributed by atoms with Gasteiger partial charge in [0.25, 0.3) is 0 Å². The van der Waals surface area contributed by atoms with Crippen LogP contribution in [0.25, 0.3) is 0 Å². The normalized spacial score (nSPS) is 22.3. The molecule has 1 aliphatic heterocycles. The molecule has 2 unspecified atom stereocenters. The average molecular weight is 505 g/mol. The predicted octanol–water partition coefficient (Wildman–Crippen LogP) is 3.60. The van der Waals surface area contributed by atoms with Crippen LogP contribution in [0, 0.1) is 5.82 Å². The fourth-order valence-corrected chi connectivity index (χ4v) is 5.42. The Morgan fingerprint density at radius 2 is 1.97 bits per heavy atom. The molecular formula is C23H29Cl3FN3O2. The van der Waals surface area contributed by atoms with Gasteiger partial charge in [-0.25, -0.2) is 4.39 Å². The van der Waals surface area contributed by atoms with Crippen LogP contribution in [0.3, 0.4) is 0 Å². The fourth-order valence-electron chi connectivity index (χ4n) is 5.19. The maximum Gasteiger partial charge on any atom is 0.241 e. The molecule has 1 fully saturated rings. The van der Waals surface area contributed by atoms with Crippen LogP contribution < -0.4 is 15.4 Å². The minimum Gasteiger partial charge on any atom is -0.493 e. The molecule has 176 valence electrons. The second kappa shape index (κ2) is 11.0. The standard InChI is InChI=1S/C23H27ClFN3O2.2ClH/c1-26-22(29)23(28-9-7-27-8-10-28)14-15-5-3-4-6-18(15)19(23)12-16-11-17(24)13-20(25)21(16)30-2;;/h3-6,11,13,19,27H,7-10,12,14H2,1-2H3,(H,26,29);2*1H. The summed E-state index contributed by atoms with van der Waals surface area (Å²) in [4.78, 5) is 15.8. The first-order valence-electron chi connectivity index (χ1n) is 10.3. The number of fused-ring (bicyclic) bond motifs is 1. The zero-order chi connectivity index (χ0) is 21.3. The topological polar surface area (TPSA) is 53.6 Å². The van der Waals surface area contributed by atoms with Crippen LogP contribution in [0.1, 0.15) is 22.6 Å². The van der Waals surface area contributed by atoms with Crippen molar-refractivity contribution < 1.29 is 13.9 Å². The van der Waals surface area contributed by atoms with Crippen LogP contribution in [0.5, 0.6) is 5.75 Å². The Morgan fingerprint density at radius 1 is 1.28 bits per heavy atom. The molecule has 5 nitrogen and oxygen atoms in total. The fraction of sp³-hybridized carbons (Fsp3) is 0.435. The van der Waals surface area contributed by atoms with Crippen molar-refractivity contribution in [3.63, 3.8) is 0 Å². The van der Waals surface area contributed by atoms with Crippen molar-refractivity contribution >= 4 is 42.3 Å². The van der Waals surface area contributed by atoms with Crippen molar-refractivity contribution in [2.24, 2.45) is 0 Å². The number of halogens is 4. The Balaban J connectivity index is 0.00000181. The molecule has 0 spiro atoms. The van der Waals surface area contributed by atoms with Gasteiger partial charge in [0.2, 0.25) is 5.91 Å². The van der Waals surface area contributed by atoms with Crippen molar-refractivity contribution in [3.05, 3.63) is 63.9 Å². The molecule has 0 saturated carbocycles. The van der Waals surface area contributed by atoms with E-state index in [9.17, 15) is 9.18 Å². The summed E-state index contributed by atoms with van der Waals surface area (Å²) in [6.45, 7) is 3.21. The van der Waals surface area contributed by atoms with Crippen molar-refractivity contribution in [2.75, 3.05) is 40.3 Å². The third kappa shape index (κ3) is 4.57. The SMILES string of the molecule is CNC(=O)C1(N2CCNCC2)Cc2ccccc2C1Cc1cc(Cl)cc(F)c1OC.Cl.Cl. The minimum atomic E-state index is -0.746. The smallest absolute Gasteiger partial charge is 0.241 e. The first-order chi connectivity index (χ1) is 14.5. The van der Waals surface area contributed by atoms with E-state index in [1.807, 2.05) is 12.1 Å². The summed E-state index contributed by atoms with van der Waals surface area (Å²) in [6, 6.07) is 11.2. The largest absolute Gasteiger partial charge is 0.493 e. The van der Waals surface area contributed by atoms with Gasteiger partial charge in [-0.1, -0.05) is 35.9 Å². The average Bonchev–Trinajstić information content (AvgIpc) is 3.09. The van der Waals surface area contributed by atoms with Gasteiger partial charge in [0, 0.05) is 50.6 Å². The number of carbonyl (C=O) groups is 1. The minimum absolute atomic E-state index is 0. The number of methoxy groups -OCH3 is 1. The second-order valence-corrected chi connectivity index (χ2v) is 8.39. The monoisotopic (exact) mass is 503 g/mol. The van der Waals surface area contributed by atoms with E-state index >= 15 is 0 Å². The van der Waals surface area contributed by atoms with Crippen LogP contribution in [0.2, 0.25) is 5.02 Å². The molecule has 0 bridgehead atoms. The van der Waals surface area contributed by atoms with Gasteiger partial charge in [-0.2, -0.15) is 0 Å². The molecule has 1 heterocycles. The van der Waals surface area contributed by atoms with Crippen LogP contribution in [-0.2, 0) is 17.6 Å². The lowest BCUT2D eigenvalue weighted by molar-refractivity contribution is -0.135. The summed E-state index contributed by atoms with van der Waals surface area (Å²) >= 11 is 6.18. The summed E-state index contributed by atoms with van der Waals surface area (Å²) in [5.41, 5.74) is 2.21. The zero-order valence-corrected chi connectivity index (χ0v) is 20.5. The van der Waals surface area contributed by atoms with Gasteiger partial charge in [-0.05, 0) is 35.2 Å². The highest BCUT2D eigenvalue weighted by Gasteiger charge is 2.55. The Hall–Kier alpha value is -1.57. The van der Waals surface area contributed by atoms with Gasteiger partial charge < -0.3 is 15.4 Å². The Bertz CT molecular complexity index is 956. The maximum atomic E-state index is 14.5. The molecule has 0 aromatic heterocycles. The molecule has 1 aliphatic carbocycles. The van der Waals surface area contributed by atoms with Crippen molar-refractivity contribution in [1.29, 1.82) is 0 Å². The number of carbonyl (C=O) groups excluding carboxylic acids is 1. The Kier molecular flexibility index (Phi) is 9.20. The first-order valence-corrected chi connectivity index (χ1v) is 10.7. The highest BCUT2D eigenvalue weighted by molar-refractivity contribution is 6.30. The van der Waals surface area contributed by atoms with Gasteiger partial charge in [0.05, 0.1) is 7.11 Å². The number of piperazine rings is 1. The van der Waals surface area contributed by atoms with Gasteiger partial charge >= 0.3 is 0 Å². The summed E-state index contributed by atoms with van der Waals surface area (Å²) in [7, 11) is 3.15. The van der Waals surface area contributed by atoms with Crippen LogP contribution in [0.15, 0.2) is 36.4 Å². The number of nitrogens with one attached hydrogen (secondary N) is 2. The van der Waals surface area contributed by atoms with E-state index in [1.165, 1.54) is 13.2 Å². The number of hydrogen-bond donors (Lipinski definition) is 2. The molecule has 1 amide bonds. The third-order valence-corrected chi connectivity index (χ3v) is 6.70. The van der Waals surface area contributed by atoms with Crippen molar-refractivity contribution in [3.8, 4) is 5.75 Å². The number of ether oxygens (including phenoxy) is 1. The molecule has 2 N–H and O–H groups in total. The zero-order valence-electron chi connectivity index (χ0n) is 18.1. The molecule has 1 saturated heterocycles. The van der Waals surface area contributed by atoms with E-state index < -0.39 is 11.4 Å². The van der Waals surface area contributed by atoms with Crippen LogP contribution in [0.4, 0.5) is 4.39 Å². The van der Waals surface area contributed by atoms with Crippen molar-refractivity contribution in [2.45, 2.75) is 24.3 Å². The van der Waals surface area contributed by atoms with Gasteiger partial charge in [-0.3, -0.25) is 9.69 Å². The summed E-state index contributed by atoms with van der Waals surface area (Å²) in [5, 5.41) is 6.61. The van der Waals surface area contributed by atoms with E-state index in [1.54, 1.807) is 13.1 Å². The van der Waals surface area contributed by atoms with E-state index in [2.05, 4.69) is 27.7 Å². The summed E-state index contributed by atoms with van der Waals surface area (Å²) in [5.74, 6) is -0.459. The lowest BCUT2D eigenvalue weighted by Crippen LogP contribution is -2.65. The van der Waals surface area contributed by atoms with E-state index in [0.717, 1.165) is 37.3 Å². The number of benzene rings is 2. The predicted molar refractivity (Wildman–Crippen MR) is 130 cm³/mol. The van der Waals surface area contributed by atoms with E-state index in [4.69, 9.17) is 16.3 Å². The molecule has 9 heteroatoms. The Morgan fingerprint density at radius 3 is 2.62 bits per heavy atom. The molecule has 2 aromatic carbocycles. The highest BCUT2D eigenvalue weighted by atomic mass is 35.5. The van der Waals surface area contributed by atoms with E-state index in [0.29, 0.717) is 23.4 Å². The second-order valence-electron chi connectivity index (χ2n) is 7.95. The van der Waals surface area contributed by atoms with Gasteiger partial charge in [0.1, 0.15) is 5.54 Å². The molecule has 2 aromatic rings. The lowest BCUT2D eigenvalue weighted by Gasteiger charge is -2.46. The molecular weight excluding hydrogens is 476 g/mol. The number of likely N-dealkylation sites (N-methyl/N-ethyl adjacent to an activating group) is 1. The van der Waals surface area contributed by atoms with Crippen LogP contribution in [-0.4, -0.2) is 56.7 Å². The maximum absolute atomic E-state index is 14.5. The molecule has 32 heavy (non-hydrogen) atoms. The highest BCUT2D eigenvalue weighted by Crippen LogP contribution is 2.48. The van der Waals surface area contributed by atoms with Gasteiger partial charge in [-0.15, -0.1) is 24.8 Å². The first kappa shape index (κ1) is 26.7. The van der Waals surface area contributed by atoms with Gasteiger partial charge in [0.15, 0.2) is 11.6 Å². The molecule has 0 radical (unpaired) electrons.